The van der Waals surface area contributed by atoms with Crippen LogP contribution in [0.5, 0.6) is 28.7 Å². The first-order chi connectivity index (χ1) is 18.6. The highest BCUT2D eigenvalue weighted by atomic mass is 32.2. The van der Waals surface area contributed by atoms with Crippen LogP contribution >= 0.6 is 11.8 Å². The number of carbonyl (C=O) groups is 1. The van der Waals surface area contributed by atoms with Crippen LogP contribution in [0, 0.1) is 5.92 Å². The van der Waals surface area contributed by atoms with E-state index in [1.165, 1.54) is 44.9 Å². The summed E-state index contributed by atoms with van der Waals surface area (Å²) in [6.07, 6.45) is 11.6. The number of nitrogens with one attached hydrogen (secondary N) is 1. The van der Waals surface area contributed by atoms with Crippen LogP contribution in [0.2, 0.25) is 0 Å². The van der Waals surface area contributed by atoms with E-state index in [1.807, 2.05) is 41.8 Å². The van der Waals surface area contributed by atoms with E-state index in [2.05, 4.69) is 5.32 Å². The fraction of sp³-hybridized carbons (Fsp3) is 0.500. The molecule has 0 spiro atoms. The molecule has 7 nitrogen and oxygen atoms in total. The van der Waals surface area contributed by atoms with Gasteiger partial charge in [0.25, 0.3) is 0 Å². The van der Waals surface area contributed by atoms with Gasteiger partial charge in [-0.25, -0.2) is 4.79 Å². The van der Waals surface area contributed by atoms with Gasteiger partial charge in [-0.1, -0.05) is 51.0 Å². The summed E-state index contributed by atoms with van der Waals surface area (Å²) in [5.41, 5.74) is 1.84. The molecule has 2 aromatic carbocycles. The Morgan fingerprint density at radius 2 is 1.53 bits per heavy atom. The third-order valence-electron chi connectivity index (χ3n) is 6.81. The molecule has 0 bridgehead atoms. The van der Waals surface area contributed by atoms with Gasteiger partial charge >= 0.3 is 6.09 Å². The normalized spacial score (nSPS) is 14.4. The molecular weight excluding hydrogens is 502 g/mol. The molecule has 1 fully saturated rings. The van der Waals surface area contributed by atoms with Gasteiger partial charge in [0.15, 0.2) is 11.5 Å². The average Bonchev–Trinajstić information content (AvgIpc) is 2.92. The van der Waals surface area contributed by atoms with E-state index in [0.29, 0.717) is 47.0 Å². The van der Waals surface area contributed by atoms with Crippen LogP contribution in [-0.2, 0) is 5.75 Å². The largest absolute Gasteiger partial charge is 0.496 e. The molecule has 208 valence electrons. The van der Waals surface area contributed by atoms with Crippen LogP contribution in [0.1, 0.15) is 62.5 Å². The molecule has 0 heterocycles. The molecule has 0 atom stereocenters. The number of hydrogen-bond acceptors (Lipinski definition) is 7. The number of benzene rings is 2. The zero-order valence-corrected chi connectivity index (χ0v) is 23.9. The van der Waals surface area contributed by atoms with Gasteiger partial charge in [0.2, 0.25) is 0 Å². The number of thioether (sulfide) groups is 1. The first-order valence-electron chi connectivity index (χ1n) is 13.3. The monoisotopic (exact) mass is 543 g/mol. The van der Waals surface area contributed by atoms with E-state index in [9.17, 15) is 4.79 Å². The Hall–Kier alpha value is -3.00. The molecule has 1 saturated carbocycles. The maximum absolute atomic E-state index is 12.5. The summed E-state index contributed by atoms with van der Waals surface area (Å²) in [5.74, 6) is 4.31. The van der Waals surface area contributed by atoms with Crippen LogP contribution < -0.4 is 29.0 Å². The Morgan fingerprint density at radius 3 is 2.16 bits per heavy atom. The van der Waals surface area contributed by atoms with Gasteiger partial charge in [-0.15, -0.1) is 11.8 Å². The lowest BCUT2D eigenvalue weighted by molar-refractivity contribution is 0.197. The van der Waals surface area contributed by atoms with Crippen molar-refractivity contribution in [2.45, 2.75) is 57.1 Å². The van der Waals surface area contributed by atoms with Crippen molar-refractivity contribution < 1.29 is 28.5 Å². The second-order valence-electron chi connectivity index (χ2n) is 9.36. The van der Waals surface area contributed by atoms with Crippen molar-refractivity contribution in [3.8, 4) is 28.7 Å². The van der Waals surface area contributed by atoms with E-state index < -0.39 is 6.09 Å². The number of hydrogen-bond donors (Lipinski definition) is 1. The standard InChI is InChI=1S/C30H41NO6S/c1-33-24-19-27(35-3)25(28(20-24)36-4)15-17-38-21-23-12-13-26(34-2)29(18-23)37-30(32)31-16-14-22-10-8-6-5-7-9-11-22/h12-13,15,17-20,22H,5-11,14,16,21H2,1-4H3,(H,31,32)/b17-15+. The molecule has 1 aliphatic rings. The van der Waals surface area contributed by atoms with Crippen molar-refractivity contribution in [2.75, 3.05) is 35.0 Å². The van der Waals surface area contributed by atoms with Gasteiger partial charge in [0, 0.05) is 24.4 Å². The second kappa shape index (κ2) is 16.1. The van der Waals surface area contributed by atoms with Gasteiger partial charge in [0.1, 0.15) is 17.2 Å². The number of methoxy groups -OCH3 is 4. The fourth-order valence-corrected chi connectivity index (χ4v) is 5.39. The van der Waals surface area contributed by atoms with Crippen LogP contribution in [0.25, 0.3) is 6.08 Å². The first kappa shape index (κ1) is 29.6. The Labute approximate surface area is 231 Å². The minimum absolute atomic E-state index is 0.413. The topological polar surface area (TPSA) is 75.2 Å². The number of carbonyl (C=O) groups excluding carboxylic acids is 1. The van der Waals surface area contributed by atoms with Crippen molar-refractivity contribution in [1.82, 2.24) is 5.32 Å². The van der Waals surface area contributed by atoms with Crippen LogP contribution in [0.15, 0.2) is 35.7 Å². The summed E-state index contributed by atoms with van der Waals surface area (Å²) in [4.78, 5) is 12.5. The smallest absolute Gasteiger partial charge is 0.412 e. The average molecular weight is 544 g/mol. The third kappa shape index (κ3) is 9.08. The summed E-state index contributed by atoms with van der Waals surface area (Å²) in [6, 6.07) is 9.29. The molecule has 8 heteroatoms. The Bertz CT molecular complexity index is 1020. The summed E-state index contributed by atoms with van der Waals surface area (Å²) in [7, 11) is 6.41. The lowest BCUT2D eigenvalue weighted by Gasteiger charge is -2.19. The van der Waals surface area contributed by atoms with E-state index in [-0.39, 0.29) is 0 Å². The van der Waals surface area contributed by atoms with Gasteiger partial charge < -0.3 is 29.0 Å². The molecule has 0 unspecified atom stereocenters. The van der Waals surface area contributed by atoms with Crippen molar-refractivity contribution in [3.05, 3.63) is 46.9 Å². The molecule has 3 rings (SSSR count). The Balaban J connectivity index is 1.55. The number of ether oxygens (including phenoxy) is 5. The summed E-state index contributed by atoms with van der Waals surface area (Å²) in [5, 5.41) is 4.91. The van der Waals surface area contributed by atoms with Gasteiger partial charge in [-0.05, 0) is 41.5 Å². The molecule has 1 N–H and O–H groups in total. The lowest BCUT2D eigenvalue weighted by atomic mass is 9.89. The highest BCUT2D eigenvalue weighted by molar-refractivity contribution is 8.01. The maximum atomic E-state index is 12.5. The van der Waals surface area contributed by atoms with Crippen molar-refractivity contribution >= 4 is 23.9 Å². The summed E-state index contributed by atoms with van der Waals surface area (Å²) in [6.45, 7) is 0.629. The van der Waals surface area contributed by atoms with Crippen molar-refractivity contribution in [2.24, 2.45) is 5.92 Å². The van der Waals surface area contributed by atoms with E-state index in [0.717, 1.165) is 17.5 Å². The SMILES string of the molecule is COc1cc(OC)c(/C=C/SCc2ccc(OC)c(OC(=O)NCCC3CCCCCCC3)c2)c(OC)c1. The molecule has 0 radical (unpaired) electrons. The first-order valence-corrected chi connectivity index (χ1v) is 14.3. The van der Waals surface area contributed by atoms with Gasteiger partial charge in [0.05, 0.1) is 34.0 Å². The predicted octanol–water partition coefficient (Wildman–Crippen LogP) is 7.46. The quantitative estimate of drug-likeness (QED) is 0.298. The highest BCUT2D eigenvalue weighted by Crippen LogP contribution is 2.36. The zero-order chi connectivity index (χ0) is 27.2. The maximum Gasteiger partial charge on any atom is 0.412 e. The second-order valence-corrected chi connectivity index (χ2v) is 10.3. The van der Waals surface area contributed by atoms with Gasteiger partial charge in [-0.2, -0.15) is 0 Å². The molecule has 1 aliphatic carbocycles. The zero-order valence-electron chi connectivity index (χ0n) is 23.0. The highest BCUT2D eigenvalue weighted by Gasteiger charge is 2.14. The predicted molar refractivity (Wildman–Crippen MR) is 154 cm³/mol. The van der Waals surface area contributed by atoms with Crippen molar-refractivity contribution in [1.29, 1.82) is 0 Å². The van der Waals surface area contributed by atoms with Crippen molar-refractivity contribution in [3.63, 3.8) is 0 Å². The number of rotatable bonds is 12. The summed E-state index contributed by atoms with van der Waals surface area (Å²) < 4.78 is 27.4. The van der Waals surface area contributed by atoms with Crippen LogP contribution in [0.4, 0.5) is 4.79 Å². The molecule has 0 saturated heterocycles. The third-order valence-corrected chi connectivity index (χ3v) is 7.64. The van der Waals surface area contributed by atoms with E-state index >= 15 is 0 Å². The molecule has 38 heavy (non-hydrogen) atoms. The lowest BCUT2D eigenvalue weighted by Crippen LogP contribution is -2.29. The minimum Gasteiger partial charge on any atom is -0.496 e. The Kier molecular flexibility index (Phi) is 12.5. The molecule has 2 aromatic rings. The van der Waals surface area contributed by atoms with Crippen LogP contribution in [0.3, 0.4) is 0 Å². The molecule has 1 amide bonds. The minimum atomic E-state index is -0.447. The van der Waals surface area contributed by atoms with Crippen LogP contribution in [-0.4, -0.2) is 41.1 Å². The molecule has 0 aromatic heterocycles. The molecule has 0 aliphatic heterocycles. The fourth-order valence-electron chi connectivity index (χ4n) is 4.69. The van der Waals surface area contributed by atoms with E-state index in [4.69, 9.17) is 23.7 Å². The number of amides is 1. The van der Waals surface area contributed by atoms with E-state index in [1.54, 1.807) is 40.2 Å². The molecular formula is C30H41NO6S. The Morgan fingerprint density at radius 1 is 0.868 bits per heavy atom. The summed E-state index contributed by atoms with van der Waals surface area (Å²) >= 11 is 1.60. The van der Waals surface area contributed by atoms with Gasteiger partial charge in [-0.3, -0.25) is 0 Å².